The Kier molecular flexibility index (Phi) is 4.00. The highest BCUT2D eigenvalue weighted by Gasteiger charge is 1.88. The maximum absolute atomic E-state index is 9.86. The number of nitrogens with zero attached hydrogens (tertiary/aromatic N) is 1. The first kappa shape index (κ1) is 7.25. The van der Waals surface area contributed by atoms with Gasteiger partial charge in [0, 0.05) is 6.54 Å². The van der Waals surface area contributed by atoms with Gasteiger partial charge in [0.1, 0.15) is 0 Å². The van der Waals surface area contributed by atoms with Gasteiger partial charge < -0.3 is 5.32 Å². The summed E-state index contributed by atoms with van der Waals surface area (Å²) in [6.45, 7) is 0.332. The molecule has 44 valence electrons. The largest absolute Gasteiger partial charge is 0.342 e. The lowest BCUT2D eigenvalue weighted by Gasteiger charge is -1.90. The molecule has 0 aromatic carbocycles. The molecule has 0 aliphatic rings. The molecule has 8 heavy (non-hydrogen) atoms. The predicted octanol–water partition coefficient (Wildman–Crippen LogP) is 0.848. The van der Waals surface area contributed by atoms with E-state index in [9.17, 15) is 4.79 Å². The molecule has 0 heterocycles. The number of halogens is 1. The highest BCUT2D eigenvalue weighted by molar-refractivity contribution is 6.62. The number of hydrogen-bond donors (Lipinski definition) is 1. The van der Waals surface area contributed by atoms with Crippen LogP contribution in [-0.2, 0) is 0 Å². The molecule has 0 saturated heterocycles. The number of nitriles is 1. The molecule has 0 atom stereocenters. The fraction of sp³-hybridized carbons (Fsp3) is 0.500. The Labute approximate surface area is 52.2 Å². The Morgan fingerprint density at radius 2 is 2.50 bits per heavy atom. The fourth-order valence-electron chi connectivity index (χ4n) is 0.217. The molecule has 0 saturated carbocycles. The first-order valence-corrected chi connectivity index (χ1v) is 2.45. The molecule has 1 N–H and O–H groups in total. The molecule has 3 nitrogen and oxygen atoms in total. The standard InChI is InChI=1S/C4H5ClN2O/c5-4(8)7-3-1-2-6/h1,3H2,(H,7,8). The molecule has 1 amide bonds. The second-order valence-electron chi connectivity index (χ2n) is 1.11. The summed E-state index contributed by atoms with van der Waals surface area (Å²) >= 11 is 4.85. The van der Waals surface area contributed by atoms with E-state index in [2.05, 4.69) is 5.32 Å². The lowest BCUT2D eigenvalue weighted by Crippen LogP contribution is -2.16. The van der Waals surface area contributed by atoms with Crippen molar-refractivity contribution in [2.45, 2.75) is 6.42 Å². The molecule has 4 heteroatoms. The Balaban J connectivity index is 2.97. The first-order chi connectivity index (χ1) is 3.77. The third-order valence-corrected chi connectivity index (χ3v) is 0.634. The third kappa shape index (κ3) is 5.25. The SMILES string of the molecule is N#CCCNC(=O)Cl. The molecule has 0 bridgehead atoms. The number of carbonyl (C=O) groups is 1. The van der Waals surface area contributed by atoms with Gasteiger partial charge in [0.05, 0.1) is 12.5 Å². The normalized spacial score (nSPS) is 7.50. The average molecular weight is 133 g/mol. The fourth-order valence-corrected chi connectivity index (χ4v) is 0.311. The number of hydrogen-bond acceptors (Lipinski definition) is 2. The maximum atomic E-state index is 9.86. The highest BCUT2D eigenvalue weighted by atomic mass is 35.5. The molecule has 0 unspecified atom stereocenters. The molecule has 0 spiro atoms. The zero-order valence-electron chi connectivity index (χ0n) is 4.15. The molecule has 0 radical (unpaired) electrons. The van der Waals surface area contributed by atoms with Crippen LogP contribution in [0.3, 0.4) is 0 Å². The van der Waals surface area contributed by atoms with Gasteiger partial charge in [0.15, 0.2) is 0 Å². The van der Waals surface area contributed by atoms with Crippen LogP contribution in [0.25, 0.3) is 0 Å². The monoisotopic (exact) mass is 132 g/mol. The minimum atomic E-state index is -0.611. The van der Waals surface area contributed by atoms with E-state index in [1.807, 2.05) is 6.07 Å². The number of carbonyl (C=O) groups excluding carboxylic acids is 1. The summed E-state index contributed by atoms with van der Waals surface area (Å²) in [5.41, 5.74) is 0. The zero-order valence-corrected chi connectivity index (χ0v) is 4.90. The van der Waals surface area contributed by atoms with Crippen molar-refractivity contribution in [2.24, 2.45) is 0 Å². The van der Waals surface area contributed by atoms with Gasteiger partial charge in [-0.1, -0.05) is 0 Å². The van der Waals surface area contributed by atoms with Gasteiger partial charge in [-0.05, 0) is 11.6 Å². The van der Waals surface area contributed by atoms with Crippen LogP contribution in [0.5, 0.6) is 0 Å². The zero-order chi connectivity index (χ0) is 6.41. The molecule has 0 fully saturated rings. The van der Waals surface area contributed by atoms with Crippen molar-refractivity contribution >= 4 is 17.0 Å². The van der Waals surface area contributed by atoms with Crippen LogP contribution in [0.2, 0.25) is 0 Å². The summed E-state index contributed by atoms with van der Waals surface area (Å²) in [6.07, 6.45) is 0.304. The Morgan fingerprint density at radius 1 is 1.88 bits per heavy atom. The summed E-state index contributed by atoms with van der Waals surface area (Å²) in [5.74, 6) is 0. The van der Waals surface area contributed by atoms with Gasteiger partial charge in [-0.2, -0.15) is 5.26 Å². The lowest BCUT2D eigenvalue weighted by atomic mass is 10.5. The molecule has 0 aliphatic heterocycles. The molecule has 0 aliphatic carbocycles. The van der Waals surface area contributed by atoms with Gasteiger partial charge in [0.25, 0.3) is 0 Å². The molecule has 0 aromatic rings. The van der Waals surface area contributed by atoms with Crippen molar-refractivity contribution in [3.8, 4) is 6.07 Å². The molecule has 0 aromatic heterocycles. The van der Waals surface area contributed by atoms with E-state index in [-0.39, 0.29) is 0 Å². The summed E-state index contributed by atoms with van der Waals surface area (Å²) < 4.78 is 0. The van der Waals surface area contributed by atoms with Crippen molar-refractivity contribution < 1.29 is 4.79 Å². The summed E-state index contributed by atoms with van der Waals surface area (Å²) in [5, 5.41) is 9.57. The van der Waals surface area contributed by atoms with Crippen LogP contribution in [0, 0.1) is 11.3 Å². The number of rotatable bonds is 2. The second-order valence-corrected chi connectivity index (χ2v) is 1.45. The average Bonchev–Trinajstić information content (AvgIpc) is 1.66. The van der Waals surface area contributed by atoms with Crippen LogP contribution >= 0.6 is 11.6 Å². The Morgan fingerprint density at radius 3 is 2.88 bits per heavy atom. The van der Waals surface area contributed by atoms with E-state index in [1.54, 1.807) is 0 Å². The van der Waals surface area contributed by atoms with E-state index in [0.717, 1.165) is 0 Å². The smallest absolute Gasteiger partial charge is 0.313 e. The second kappa shape index (κ2) is 4.41. The maximum Gasteiger partial charge on any atom is 0.313 e. The van der Waals surface area contributed by atoms with E-state index in [1.165, 1.54) is 0 Å². The molecular formula is C4H5ClN2O. The third-order valence-electron chi connectivity index (χ3n) is 0.501. The summed E-state index contributed by atoms with van der Waals surface area (Å²) in [6, 6.07) is 1.85. The Bertz CT molecular complexity index is 118. The van der Waals surface area contributed by atoms with E-state index in [0.29, 0.717) is 13.0 Å². The van der Waals surface area contributed by atoms with Gasteiger partial charge in [-0.3, -0.25) is 4.79 Å². The highest BCUT2D eigenvalue weighted by Crippen LogP contribution is 1.76. The van der Waals surface area contributed by atoms with Gasteiger partial charge in [-0.15, -0.1) is 0 Å². The molecule has 0 rings (SSSR count). The van der Waals surface area contributed by atoms with Crippen LogP contribution in [0.15, 0.2) is 0 Å². The first-order valence-electron chi connectivity index (χ1n) is 2.07. The summed E-state index contributed by atoms with van der Waals surface area (Å²) in [7, 11) is 0. The van der Waals surface area contributed by atoms with E-state index in [4.69, 9.17) is 16.9 Å². The van der Waals surface area contributed by atoms with Crippen LogP contribution in [0.4, 0.5) is 4.79 Å². The van der Waals surface area contributed by atoms with Crippen molar-refractivity contribution in [1.82, 2.24) is 5.32 Å². The minimum Gasteiger partial charge on any atom is -0.342 e. The predicted molar refractivity (Wildman–Crippen MR) is 29.5 cm³/mol. The van der Waals surface area contributed by atoms with Crippen molar-refractivity contribution in [1.29, 1.82) is 5.26 Å². The number of nitrogens with one attached hydrogen (secondary N) is 1. The van der Waals surface area contributed by atoms with Crippen molar-refractivity contribution in [3.63, 3.8) is 0 Å². The van der Waals surface area contributed by atoms with Gasteiger partial charge >= 0.3 is 5.37 Å². The topological polar surface area (TPSA) is 52.9 Å². The Hall–Kier alpha value is -0.750. The van der Waals surface area contributed by atoms with Gasteiger partial charge in [-0.25, -0.2) is 0 Å². The van der Waals surface area contributed by atoms with Crippen molar-refractivity contribution in [2.75, 3.05) is 6.54 Å². The van der Waals surface area contributed by atoms with Crippen LogP contribution < -0.4 is 5.32 Å². The summed E-state index contributed by atoms with van der Waals surface area (Å²) in [4.78, 5) is 9.86. The van der Waals surface area contributed by atoms with Gasteiger partial charge in [0.2, 0.25) is 0 Å². The number of amides is 1. The lowest BCUT2D eigenvalue weighted by molar-refractivity contribution is 0.260. The van der Waals surface area contributed by atoms with Crippen molar-refractivity contribution in [3.05, 3.63) is 0 Å². The quantitative estimate of drug-likeness (QED) is 0.344. The van der Waals surface area contributed by atoms with E-state index >= 15 is 0 Å². The van der Waals surface area contributed by atoms with E-state index < -0.39 is 5.37 Å². The minimum absolute atomic E-state index is 0.304. The van der Waals surface area contributed by atoms with Crippen LogP contribution in [-0.4, -0.2) is 11.9 Å². The van der Waals surface area contributed by atoms with Crippen LogP contribution in [0.1, 0.15) is 6.42 Å². The molecular weight excluding hydrogens is 128 g/mol.